The Hall–Kier alpha value is -2.85. The second-order valence-corrected chi connectivity index (χ2v) is 9.10. The van der Waals surface area contributed by atoms with Crippen LogP contribution in [0.5, 0.6) is 0 Å². The number of esters is 1. The number of benzene rings is 2. The first-order chi connectivity index (χ1) is 15.6. The van der Waals surface area contributed by atoms with Gasteiger partial charge in [-0.15, -0.1) is 0 Å². The third kappa shape index (κ3) is 5.49. The molecule has 2 aromatic rings. The summed E-state index contributed by atoms with van der Waals surface area (Å²) in [6, 6.07) is 17.9. The highest BCUT2D eigenvalue weighted by molar-refractivity contribution is 8.29. The van der Waals surface area contributed by atoms with Crippen LogP contribution in [0.15, 0.2) is 60.7 Å². The third-order valence-corrected chi connectivity index (χ3v) is 6.86. The summed E-state index contributed by atoms with van der Waals surface area (Å²) < 4.78 is 17.3. The summed E-state index contributed by atoms with van der Waals surface area (Å²) in [5, 5.41) is 5.44. The van der Waals surface area contributed by atoms with E-state index in [4.69, 9.17) is 14.2 Å². The van der Waals surface area contributed by atoms with Crippen LogP contribution < -0.4 is 10.6 Å². The summed E-state index contributed by atoms with van der Waals surface area (Å²) in [5.74, 6) is -0.943. The smallest absolute Gasteiger partial charge is 0.337 e. The molecule has 0 aromatic heterocycles. The first-order valence-electron chi connectivity index (χ1n) is 10.3. The zero-order chi connectivity index (χ0) is 22.3. The topological polar surface area (TPSA) is 103 Å². The zero-order valence-electron chi connectivity index (χ0n) is 17.3. The van der Waals surface area contributed by atoms with E-state index in [0.29, 0.717) is 23.8 Å². The van der Waals surface area contributed by atoms with E-state index >= 15 is 0 Å². The van der Waals surface area contributed by atoms with Gasteiger partial charge >= 0.3 is 5.97 Å². The molecular weight excluding hydrogens is 432 g/mol. The minimum Gasteiger partial charge on any atom is -0.459 e. The molecule has 2 saturated heterocycles. The highest BCUT2D eigenvalue weighted by Crippen LogP contribution is 2.27. The number of carbonyl (C=O) groups is 3. The number of ether oxygens (including phenoxy) is 3. The van der Waals surface area contributed by atoms with Crippen LogP contribution in [0.25, 0.3) is 0 Å². The number of amides is 2. The number of hydrogen-bond acceptors (Lipinski definition) is 7. The monoisotopic (exact) mass is 456 g/mol. The van der Waals surface area contributed by atoms with Crippen molar-refractivity contribution >= 4 is 32.7 Å². The van der Waals surface area contributed by atoms with Gasteiger partial charge < -0.3 is 19.5 Å². The molecule has 0 spiro atoms. The van der Waals surface area contributed by atoms with Gasteiger partial charge in [-0.05, 0) is 5.56 Å². The van der Waals surface area contributed by atoms with Gasteiger partial charge in [0.05, 0.1) is 25.0 Å². The van der Waals surface area contributed by atoms with Crippen LogP contribution in [0.3, 0.4) is 0 Å². The second-order valence-electron chi connectivity index (χ2n) is 7.29. The Morgan fingerprint density at radius 1 is 1.09 bits per heavy atom. The molecule has 0 aliphatic carbocycles. The van der Waals surface area contributed by atoms with Crippen molar-refractivity contribution in [3.8, 4) is 0 Å². The zero-order valence-corrected chi connectivity index (χ0v) is 18.1. The average Bonchev–Trinajstić information content (AvgIpc) is 3.17. The van der Waals surface area contributed by atoms with Crippen molar-refractivity contribution in [2.75, 3.05) is 25.5 Å². The maximum absolute atomic E-state index is 13.1. The van der Waals surface area contributed by atoms with Crippen molar-refractivity contribution < 1.29 is 28.6 Å². The third-order valence-electron chi connectivity index (χ3n) is 4.98. The highest BCUT2D eigenvalue weighted by atomic mass is 32.2. The van der Waals surface area contributed by atoms with E-state index in [1.165, 1.54) is 0 Å². The van der Waals surface area contributed by atoms with Crippen molar-refractivity contribution in [3.63, 3.8) is 0 Å². The number of morpholine rings is 1. The number of rotatable bonds is 6. The molecule has 2 aliphatic rings. The average molecular weight is 457 g/mol. The number of carbonyl (C=O) groups excluding carboxylic acids is 3. The van der Waals surface area contributed by atoms with E-state index in [2.05, 4.69) is 10.6 Å². The summed E-state index contributed by atoms with van der Waals surface area (Å²) in [5.41, 5.74) is 1.49. The van der Waals surface area contributed by atoms with Crippen LogP contribution in [-0.2, 0) is 30.4 Å². The lowest BCUT2D eigenvalue weighted by Gasteiger charge is -2.30. The van der Waals surface area contributed by atoms with Crippen LogP contribution in [0.4, 0.5) is 4.79 Å². The Morgan fingerprint density at radius 2 is 1.81 bits per heavy atom. The molecule has 2 heterocycles. The maximum atomic E-state index is 13.1. The van der Waals surface area contributed by atoms with Crippen LogP contribution in [-0.4, -0.2) is 59.8 Å². The van der Waals surface area contributed by atoms with Gasteiger partial charge in [-0.1, -0.05) is 71.1 Å². The standard InChI is InChI=1S/C23H24N2O6S/c26-19-15-32(23(28)25-19)22(17-9-5-2-6-10-17)31-20(18-14-29-12-11-24-18)21(27)30-13-16-7-3-1-4-8-16/h1-10,18,20,24H,11-15H2,(H,25,26,28). The molecule has 168 valence electrons. The van der Waals surface area contributed by atoms with Crippen molar-refractivity contribution in [2.45, 2.75) is 18.8 Å². The minimum absolute atomic E-state index is 0.0105. The van der Waals surface area contributed by atoms with Crippen molar-refractivity contribution in [3.05, 3.63) is 71.8 Å². The maximum Gasteiger partial charge on any atom is 0.337 e. The SMILES string of the molecule is O=C1CS(=C(OC(C(=O)OCc2ccccc2)C2COCCN2)c2ccccc2)C(=O)N1. The molecule has 0 bridgehead atoms. The Balaban J connectivity index is 1.63. The Kier molecular flexibility index (Phi) is 7.43. The van der Waals surface area contributed by atoms with Gasteiger partial charge in [-0.25, -0.2) is 4.79 Å². The predicted octanol–water partition coefficient (Wildman–Crippen LogP) is 1.80. The van der Waals surface area contributed by atoms with Gasteiger partial charge in [0.1, 0.15) is 11.7 Å². The largest absolute Gasteiger partial charge is 0.459 e. The lowest BCUT2D eigenvalue weighted by molar-refractivity contribution is -0.157. The Morgan fingerprint density at radius 3 is 2.44 bits per heavy atom. The van der Waals surface area contributed by atoms with Crippen molar-refractivity contribution in [1.82, 2.24) is 10.6 Å². The van der Waals surface area contributed by atoms with E-state index in [9.17, 15) is 14.4 Å². The molecule has 2 fully saturated rings. The number of nitrogens with one attached hydrogen (secondary N) is 2. The van der Waals surface area contributed by atoms with Gasteiger partial charge in [0.25, 0.3) is 5.24 Å². The molecule has 8 nitrogen and oxygen atoms in total. The quantitative estimate of drug-likeness (QED) is 0.505. The molecule has 32 heavy (non-hydrogen) atoms. The normalized spacial score (nSPS) is 22.2. The summed E-state index contributed by atoms with van der Waals surface area (Å²) >= 11 is 0. The molecule has 3 unspecified atom stereocenters. The van der Waals surface area contributed by atoms with Crippen LogP contribution in [0, 0.1) is 0 Å². The van der Waals surface area contributed by atoms with E-state index in [1.54, 1.807) is 12.1 Å². The van der Waals surface area contributed by atoms with Gasteiger partial charge in [-0.2, -0.15) is 0 Å². The number of imide groups is 1. The summed E-state index contributed by atoms with van der Waals surface area (Å²) in [7, 11) is -1.15. The van der Waals surface area contributed by atoms with E-state index in [1.807, 2.05) is 48.5 Å². The molecule has 2 amide bonds. The fraction of sp³-hybridized carbons (Fsp3) is 0.304. The van der Waals surface area contributed by atoms with Gasteiger partial charge in [0.15, 0.2) is 6.10 Å². The minimum atomic E-state index is -1.15. The lowest BCUT2D eigenvalue weighted by Crippen LogP contribution is -2.53. The summed E-state index contributed by atoms with van der Waals surface area (Å²) in [6.07, 6.45) is -1.05. The Bertz CT molecular complexity index is 1010. The molecule has 2 N–H and O–H groups in total. The van der Waals surface area contributed by atoms with Crippen molar-refractivity contribution in [1.29, 1.82) is 0 Å². The van der Waals surface area contributed by atoms with Crippen LogP contribution in [0.1, 0.15) is 11.1 Å². The second kappa shape index (κ2) is 10.6. The van der Waals surface area contributed by atoms with Gasteiger partial charge in [0.2, 0.25) is 5.91 Å². The molecular formula is C23H24N2O6S. The van der Waals surface area contributed by atoms with Crippen LogP contribution in [0.2, 0.25) is 0 Å². The molecule has 3 atom stereocenters. The van der Waals surface area contributed by atoms with Crippen LogP contribution >= 0.6 is 10.5 Å². The van der Waals surface area contributed by atoms with Crippen molar-refractivity contribution in [2.24, 2.45) is 0 Å². The fourth-order valence-corrected chi connectivity index (χ4v) is 5.04. The summed E-state index contributed by atoms with van der Waals surface area (Å²) in [4.78, 5) is 37.4. The van der Waals surface area contributed by atoms with Gasteiger partial charge in [-0.3, -0.25) is 14.9 Å². The lowest BCUT2D eigenvalue weighted by atomic mass is 10.1. The number of hydrogen-bond donors (Lipinski definition) is 2. The van der Waals surface area contributed by atoms with E-state index < -0.39 is 33.8 Å². The molecule has 2 aromatic carbocycles. The molecule has 4 rings (SSSR count). The molecule has 0 radical (unpaired) electrons. The van der Waals surface area contributed by atoms with E-state index in [-0.39, 0.29) is 24.9 Å². The predicted molar refractivity (Wildman–Crippen MR) is 120 cm³/mol. The first kappa shape index (κ1) is 22.3. The Labute approximate surface area is 188 Å². The first-order valence-corrected chi connectivity index (χ1v) is 11.7. The molecule has 0 saturated carbocycles. The summed E-state index contributed by atoms with van der Waals surface area (Å²) in [6.45, 7) is 1.44. The molecule has 9 heteroatoms. The fourth-order valence-electron chi connectivity index (χ4n) is 3.40. The van der Waals surface area contributed by atoms with Gasteiger partial charge in [0, 0.05) is 12.1 Å². The van der Waals surface area contributed by atoms with E-state index in [0.717, 1.165) is 5.56 Å². The highest BCUT2D eigenvalue weighted by Gasteiger charge is 2.36. The molecule has 2 aliphatic heterocycles.